The van der Waals surface area contributed by atoms with Crippen LogP contribution in [0.1, 0.15) is 17.0 Å². The van der Waals surface area contributed by atoms with E-state index in [0.29, 0.717) is 29.3 Å². The summed E-state index contributed by atoms with van der Waals surface area (Å²) in [6, 6.07) is 5.31. The number of amidine groups is 1. The number of nitrogens with zero attached hydrogens (tertiary/aromatic N) is 6. The van der Waals surface area contributed by atoms with Gasteiger partial charge in [0, 0.05) is 44.2 Å². The predicted molar refractivity (Wildman–Crippen MR) is 114 cm³/mol. The van der Waals surface area contributed by atoms with Gasteiger partial charge >= 0.3 is 6.18 Å². The number of aryl methyl sites for hydroxylation is 1. The summed E-state index contributed by atoms with van der Waals surface area (Å²) >= 11 is 0. The maximum atomic E-state index is 13.5. The van der Waals surface area contributed by atoms with Crippen molar-refractivity contribution in [1.29, 1.82) is 5.41 Å². The number of nitrogens with one attached hydrogen (secondary N) is 1. The van der Waals surface area contributed by atoms with Crippen LogP contribution in [0.4, 0.5) is 18.9 Å². The number of hydrogen-bond acceptors (Lipinski definition) is 6. The van der Waals surface area contributed by atoms with E-state index in [0.717, 1.165) is 11.6 Å². The highest BCUT2D eigenvalue weighted by molar-refractivity contribution is 5.97. The van der Waals surface area contributed by atoms with Crippen LogP contribution in [0.3, 0.4) is 0 Å². The number of allylic oxidation sites excluding steroid dienone is 3. The van der Waals surface area contributed by atoms with Crippen LogP contribution in [0.15, 0.2) is 72.7 Å². The fourth-order valence-corrected chi connectivity index (χ4v) is 3.56. The lowest BCUT2D eigenvalue weighted by atomic mass is 10.0. The molecule has 3 N–H and O–H groups in total. The molecular weight excluding hydrogens is 421 g/mol. The van der Waals surface area contributed by atoms with E-state index in [1.165, 1.54) is 28.4 Å². The maximum Gasteiger partial charge on any atom is 0.418 e. The van der Waals surface area contributed by atoms with E-state index in [1.807, 2.05) is 13.1 Å². The number of nitrogens with two attached hydrogens (primary N) is 1. The van der Waals surface area contributed by atoms with E-state index in [1.54, 1.807) is 35.0 Å². The maximum absolute atomic E-state index is 13.5. The van der Waals surface area contributed by atoms with Crippen molar-refractivity contribution in [2.24, 2.45) is 12.9 Å². The average Bonchev–Trinajstić information content (AvgIpc) is 3.29. The van der Waals surface area contributed by atoms with Crippen molar-refractivity contribution in [3.05, 3.63) is 89.7 Å². The number of benzene rings is 1. The Bertz CT molecular complexity index is 1190. The molecule has 0 aliphatic carbocycles. The molecule has 0 unspecified atom stereocenters. The zero-order valence-electron chi connectivity index (χ0n) is 17.4. The molecule has 0 spiro atoms. The zero-order chi connectivity index (χ0) is 23.2. The van der Waals surface area contributed by atoms with Crippen molar-refractivity contribution < 1.29 is 13.2 Å². The van der Waals surface area contributed by atoms with Crippen molar-refractivity contribution >= 4 is 11.5 Å². The molecule has 11 heteroatoms. The number of hydrogen-bond donors (Lipinski definition) is 2. The molecular formula is C21H21F3N8. The van der Waals surface area contributed by atoms with Crippen LogP contribution >= 0.6 is 0 Å². The Balaban J connectivity index is 1.79. The lowest BCUT2D eigenvalue weighted by Crippen LogP contribution is -2.33. The van der Waals surface area contributed by atoms with Gasteiger partial charge < -0.3 is 14.4 Å². The van der Waals surface area contributed by atoms with Crippen molar-refractivity contribution in [3.63, 3.8) is 0 Å². The molecule has 0 saturated carbocycles. The van der Waals surface area contributed by atoms with Crippen molar-refractivity contribution in [3.8, 4) is 0 Å². The van der Waals surface area contributed by atoms with Gasteiger partial charge in [0.2, 0.25) is 0 Å². The topological polar surface area (TPSA) is 90.3 Å². The van der Waals surface area contributed by atoms with Crippen LogP contribution in [-0.2, 0) is 13.5 Å². The second-order valence-corrected chi connectivity index (χ2v) is 7.47. The molecule has 4 rings (SSSR count). The summed E-state index contributed by atoms with van der Waals surface area (Å²) < 4.78 is 42.4. The monoisotopic (exact) mass is 442 g/mol. The van der Waals surface area contributed by atoms with Gasteiger partial charge in [0.1, 0.15) is 23.8 Å². The average molecular weight is 442 g/mol. The fraction of sp³-hybridized carbons (Fsp3) is 0.190. The largest absolute Gasteiger partial charge is 0.418 e. The number of halogens is 3. The minimum atomic E-state index is -4.51. The first kappa shape index (κ1) is 21.4. The Hall–Kier alpha value is -3.86. The quantitative estimate of drug-likeness (QED) is 0.328. The first-order valence-corrected chi connectivity index (χ1v) is 9.55. The molecule has 1 aromatic carbocycles. The highest BCUT2D eigenvalue weighted by Gasteiger charge is 2.42. The molecule has 2 aromatic rings. The third-order valence-electron chi connectivity index (χ3n) is 5.20. The first-order valence-electron chi connectivity index (χ1n) is 9.55. The van der Waals surface area contributed by atoms with Gasteiger partial charge in [-0.2, -0.15) is 13.2 Å². The summed E-state index contributed by atoms with van der Waals surface area (Å²) in [5.74, 6) is 6.84. The second-order valence-electron chi connectivity index (χ2n) is 7.47. The minimum Gasteiger partial charge on any atom is -0.320 e. The van der Waals surface area contributed by atoms with Gasteiger partial charge in [-0.05, 0) is 35.9 Å². The van der Waals surface area contributed by atoms with Gasteiger partial charge in [0.25, 0.3) is 0 Å². The summed E-state index contributed by atoms with van der Waals surface area (Å²) in [5.41, 5.74) is 1.07. The van der Waals surface area contributed by atoms with E-state index in [-0.39, 0.29) is 11.5 Å². The van der Waals surface area contributed by atoms with Crippen LogP contribution in [0.5, 0.6) is 0 Å². The molecule has 1 aromatic heterocycles. The van der Waals surface area contributed by atoms with Crippen LogP contribution in [0.25, 0.3) is 0 Å². The van der Waals surface area contributed by atoms with Crippen LogP contribution in [0.2, 0.25) is 0 Å². The van der Waals surface area contributed by atoms with Crippen molar-refractivity contribution in [2.75, 3.05) is 11.9 Å². The molecule has 0 fully saturated rings. The van der Waals surface area contributed by atoms with E-state index in [4.69, 9.17) is 11.3 Å². The SMILES string of the molecule is C=C1N2C=CC=C(C(F)(F)F)C2=CN1c1cc(Cc2nncn2C)cc(C(=N)N(C)N)c1. The Morgan fingerprint density at radius 3 is 2.62 bits per heavy atom. The third kappa shape index (κ3) is 3.78. The first-order chi connectivity index (χ1) is 15.1. The standard InChI is InChI=1S/C21H21F3N8/c1-13-31-6-4-5-17(21(22,23)24)18(31)11-32(13)16-8-14(9-19-28-27-12-29(19)2)7-15(10-16)20(25)30(3)26/h4-8,10-12,25H,1,9,26H2,2-3H3. The predicted octanol–water partition coefficient (Wildman–Crippen LogP) is 2.99. The summed E-state index contributed by atoms with van der Waals surface area (Å²) in [6.07, 6.45) is 2.78. The minimum absolute atomic E-state index is 0.0173. The Morgan fingerprint density at radius 2 is 2.00 bits per heavy atom. The van der Waals surface area contributed by atoms with Crippen molar-refractivity contribution in [1.82, 2.24) is 24.7 Å². The molecule has 8 nitrogen and oxygen atoms in total. The normalized spacial score (nSPS) is 15.6. The molecule has 2 aliphatic rings. The summed E-state index contributed by atoms with van der Waals surface area (Å²) in [4.78, 5) is 2.95. The van der Waals surface area contributed by atoms with E-state index < -0.39 is 11.7 Å². The van der Waals surface area contributed by atoms with E-state index >= 15 is 0 Å². The van der Waals surface area contributed by atoms with Crippen LogP contribution in [0, 0.1) is 5.41 Å². The molecule has 0 atom stereocenters. The summed E-state index contributed by atoms with van der Waals surface area (Å²) in [5, 5.41) is 17.4. The summed E-state index contributed by atoms with van der Waals surface area (Å²) in [6.45, 7) is 3.98. The van der Waals surface area contributed by atoms with Crippen LogP contribution < -0.4 is 10.7 Å². The number of fused-ring (bicyclic) bond motifs is 1. The Kier molecular flexibility index (Phi) is 5.13. The number of hydrazine groups is 1. The highest BCUT2D eigenvalue weighted by Crippen LogP contribution is 2.42. The molecule has 0 radical (unpaired) electrons. The molecule has 3 heterocycles. The highest BCUT2D eigenvalue weighted by atomic mass is 19.4. The van der Waals surface area contributed by atoms with Gasteiger partial charge in [0.05, 0.1) is 11.3 Å². The lowest BCUT2D eigenvalue weighted by Gasteiger charge is -2.26. The Labute approximate surface area is 182 Å². The molecule has 166 valence electrons. The van der Waals surface area contributed by atoms with Gasteiger partial charge in [0.15, 0.2) is 0 Å². The number of rotatable bonds is 4. The van der Waals surface area contributed by atoms with Crippen LogP contribution in [-0.4, -0.2) is 43.7 Å². The van der Waals surface area contributed by atoms with Gasteiger partial charge in [-0.25, -0.2) is 5.84 Å². The fourth-order valence-electron chi connectivity index (χ4n) is 3.56. The smallest absolute Gasteiger partial charge is 0.320 e. The van der Waals surface area contributed by atoms with Gasteiger partial charge in [-0.15, -0.1) is 10.2 Å². The lowest BCUT2D eigenvalue weighted by molar-refractivity contribution is -0.0908. The van der Waals surface area contributed by atoms with Crippen molar-refractivity contribution in [2.45, 2.75) is 12.6 Å². The van der Waals surface area contributed by atoms with E-state index in [2.05, 4.69) is 16.8 Å². The molecule has 2 aliphatic heterocycles. The van der Waals surface area contributed by atoms with E-state index in [9.17, 15) is 13.2 Å². The number of alkyl halides is 3. The Morgan fingerprint density at radius 1 is 1.25 bits per heavy atom. The molecule has 0 saturated heterocycles. The number of aromatic nitrogens is 3. The molecule has 32 heavy (non-hydrogen) atoms. The van der Waals surface area contributed by atoms with Gasteiger partial charge in [-0.3, -0.25) is 10.4 Å². The zero-order valence-corrected chi connectivity index (χ0v) is 17.4. The molecule has 0 bridgehead atoms. The van der Waals surface area contributed by atoms with Gasteiger partial charge in [-0.1, -0.05) is 6.58 Å². The second kappa shape index (κ2) is 7.68. The summed E-state index contributed by atoms with van der Waals surface area (Å²) in [7, 11) is 3.36. The molecule has 0 amide bonds. The third-order valence-corrected chi connectivity index (χ3v) is 5.20. The number of anilines is 1.